The molecule has 4 heteroatoms. The van der Waals surface area contributed by atoms with E-state index >= 15 is 0 Å². The van der Waals surface area contributed by atoms with E-state index < -0.39 is 0 Å². The normalized spacial score (nSPS) is 11.4. The monoisotopic (exact) mass is 240 g/mol. The molecule has 0 heterocycles. The Morgan fingerprint density at radius 1 is 0.882 bits per heavy atom. The van der Waals surface area contributed by atoms with Gasteiger partial charge >= 0.3 is 0 Å². The first kappa shape index (κ1) is 14.1. The summed E-state index contributed by atoms with van der Waals surface area (Å²) in [7, 11) is 6.49. The standard InChI is InChI=1S/C13H20O4/c1-14-12(15-2)9-10-7-5-6-8-11(10)13(16-3)17-4/h5-8,12-13H,9H2,1-4H3. The van der Waals surface area contributed by atoms with Crippen LogP contribution in [0.25, 0.3) is 0 Å². The first-order valence-corrected chi connectivity index (χ1v) is 5.45. The van der Waals surface area contributed by atoms with E-state index in [9.17, 15) is 0 Å². The van der Waals surface area contributed by atoms with Crippen LogP contribution in [0.15, 0.2) is 24.3 Å². The fourth-order valence-electron chi connectivity index (χ4n) is 1.74. The summed E-state index contributed by atoms with van der Waals surface area (Å²) in [4.78, 5) is 0. The van der Waals surface area contributed by atoms with Crippen LogP contribution in [-0.2, 0) is 25.4 Å². The Morgan fingerprint density at radius 3 is 2.00 bits per heavy atom. The van der Waals surface area contributed by atoms with E-state index in [0.29, 0.717) is 6.42 Å². The Hall–Kier alpha value is -0.940. The van der Waals surface area contributed by atoms with Crippen LogP contribution in [0.5, 0.6) is 0 Å². The molecule has 0 aliphatic carbocycles. The average molecular weight is 240 g/mol. The second-order valence-electron chi connectivity index (χ2n) is 3.61. The lowest BCUT2D eigenvalue weighted by atomic mass is 10.0. The van der Waals surface area contributed by atoms with E-state index in [2.05, 4.69) is 0 Å². The Kier molecular flexibility index (Phi) is 6.15. The highest BCUT2D eigenvalue weighted by atomic mass is 16.7. The summed E-state index contributed by atoms with van der Waals surface area (Å²) in [6, 6.07) is 7.93. The SMILES string of the molecule is COC(Cc1ccccc1C(OC)OC)OC. The predicted octanol–water partition coefficient (Wildman–Crippen LogP) is 2.14. The molecule has 96 valence electrons. The van der Waals surface area contributed by atoms with E-state index in [1.165, 1.54) is 0 Å². The number of benzene rings is 1. The number of hydrogen-bond acceptors (Lipinski definition) is 4. The van der Waals surface area contributed by atoms with E-state index in [4.69, 9.17) is 18.9 Å². The average Bonchev–Trinajstić information content (AvgIpc) is 2.39. The molecule has 0 saturated heterocycles. The molecule has 1 rings (SSSR count). The van der Waals surface area contributed by atoms with Gasteiger partial charge in [-0.2, -0.15) is 0 Å². The second-order valence-corrected chi connectivity index (χ2v) is 3.61. The highest BCUT2D eigenvalue weighted by Crippen LogP contribution is 2.23. The smallest absolute Gasteiger partial charge is 0.183 e. The summed E-state index contributed by atoms with van der Waals surface area (Å²) in [6.07, 6.45) is 0.0397. The molecule has 0 aromatic heterocycles. The summed E-state index contributed by atoms with van der Waals surface area (Å²) >= 11 is 0. The topological polar surface area (TPSA) is 36.9 Å². The maximum Gasteiger partial charge on any atom is 0.183 e. The third kappa shape index (κ3) is 3.78. The second kappa shape index (κ2) is 7.40. The van der Waals surface area contributed by atoms with Crippen LogP contribution in [0, 0.1) is 0 Å². The molecule has 0 unspecified atom stereocenters. The zero-order valence-electron chi connectivity index (χ0n) is 10.8. The highest BCUT2D eigenvalue weighted by Gasteiger charge is 2.16. The molecule has 0 bridgehead atoms. The summed E-state index contributed by atoms with van der Waals surface area (Å²) in [6.45, 7) is 0. The van der Waals surface area contributed by atoms with E-state index in [1.54, 1.807) is 28.4 Å². The van der Waals surface area contributed by atoms with Crippen molar-refractivity contribution >= 4 is 0 Å². The van der Waals surface area contributed by atoms with Crippen LogP contribution in [0.2, 0.25) is 0 Å². The summed E-state index contributed by atoms with van der Waals surface area (Å²) in [5.74, 6) is 0. The third-order valence-corrected chi connectivity index (χ3v) is 2.65. The zero-order chi connectivity index (χ0) is 12.7. The van der Waals surface area contributed by atoms with Crippen molar-refractivity contribution < 1.29 is 18.9 Å². The molecular formula is C13H20O4. The largest absolute Gasteiger partial charge is 0.356 e. The van der Waals surface area contributed by atoms with Gasteiger partial charge in [-0.15, -0.1) is 0 Å². The quantitative estimate of drug-likeness (QED) is 0.684. The molecule has 0 aliphatic rings. The molecule has 0 aliphatic heterocycles. The summed E-state index contributed by atoms with van der Waals surface area (Å²) < 4.78 is 20.9. The molecule has 0 N–H and O–H groups in total. The highest BCUT2D eigenvalue weighted by molar-refractivity contribution is 5.28. The van der Waals surface area contributed by atoms with Crippen molar-refractivity contribution in [1.29, 1.82) is 0 Å². The number of ether oxygens (including phenoxy) is 4. The van der Waals surface area contributed by atoms with Gasteiger partial charge in [-0.25, -0.2) is 0 Å². The number of hydrogen-bond donors (Lipinski definition) is 0. The van der Waals surface area contributed by atoms with Gasteiger partial charge in [0, 0.05) is 40.4 Å². The van der Waals surface area contributed by atoms with E-state index in [0.717, 1.165) is 11.1 Å². The molecule has 0 saturated carbocycles. The van der Waals surface area contributed by atoms with Gasteiger partial charge in [0.15, 0.2) is 12.6 Å². The van der Waals surface area contributed by atoms with Crippen molar-refractivity contribution in [3.05, 3.63) is 35.4 Å². The Morgan fingerprint density at radius 2 is 1.47 bits per heavy atom. The molecule has 1 aromatic carbocycles. The van der Waals surface area contributed by atoms with Gasteiger partial charge in [0.1, 0.15) is 0 Å². The Balaban J connectivity index is 2.90. The fraction of sp³-hybridized carbons (Fsp3) is 0.538. The number of rotatable bonds is 7. The zero-order valence-corrected chi connectivity index (χ0v) is 10.8. The molecule has 0 atom stereocenters. The first-order valence-electron chi connectivity index (χ1n) is 5.45. The van der Waals surface area contributed by atoms with Crippen molar-refractivity contribution in [1.82, 2.24) is 0 Å². The maximum atomic E-state index is 5.27. The summed E-state index contributed by atoms with van der Waals surface area (Å²) in [5.41, 5.74) is 2.09. The first-order chi connectivity index (χ1) is 8.26. The van der Waals surface area contributed by atoms with Crippen LogP contribution in [0.3, 0.4) is 0 Å². The lowest BCUT2D eigenvalue weighted by Crippen LogP contribution is -2.18. The predicted molar refractivity (Wildman–Crippen MR) is 64.7 cm³/mol. The van der Waals surface area contributed by atoms with Crippen molar-refractivity contribution in [2.75, 3.05) is 28.4 Å². The molecule has 4 nitrogen and oxygen atoms in total. The Labute approximate surface area is 102 Å². The minimum atomic E-state index is -0.361. The molecule has 0 amide bonds. The Bertz CT molecular complexity index is 319. The van der Waals surface area contributed by atoms with Gasteiger partial charge < -0.3 is 18.9 Å². The molecule has 1 aromatic rings. The van der Waals surface area contributed by atoms with Crippen LogP contribution in [-0.4, -0.2) is 34.7 Å². The molecule has 0 fully saturated rings. The van der Waals surface area contributed by atoms with E-state index in [1.807, 2.05) is 24.3 Å². The van der Waals surface area contributed by atoms with Gasteiger partial charge in [0.05, 0.1) is 0 Å². The lowest BCUT2D eigenvalue weighted by Gasteiger charge is -2.20. The summed E-state index contributed by atoms with van der Waals surface area (Å²) in [5, 5.41) is 0. The van der Waals surface area contributed by atoms with Crippen LogP contribution in [0.4, 0.5) is 0 Å². The minimum absolute atomic E-state index is 0.259. The minimum Gasteiger partial charge on any atom is -0.356 e. The van der Waals surface area contributed by atoms with Crippen molar-refractivity contribution in [3.63, 3.8) is 0 Å². The molecular weight excluding hydrogens is 220 g/mol. The van der Waals surface area contributed by atoms with E-state index in [-0.39, 0.29) is 12.6 Å². The lowest BCUT2D eigenvalue weighted by molar-refractivity contribution is -0.111. The fourth-order valence-corrected chi connectivity index (χ4v) is 1.74. The molecule has 0 radical (unpaired) electrons. The van der Waals surface area contributed by atoms with Gasteiger partial charge in [-0.05, 0) is 5.56 Å². The van der Waals surface area contributed by atoms with Gasteiger partial charge in [-0.3, -0.25) is 0 Å². The van der Waals surface area contributed by atoms with Crippen molar-refractivity contribution in [2.45, 2.75) is 19.0 Å². The van der Waals surface area contributed by atoms with Crippen LogP contribution in [0.1, 0.15) is 17.4 Å². The van der Waals surface area contributed by atoms with Gasteiger partial charge in [0.25, 0.3) is 0 Å². The van der Waals surface area contributed by atoms with Crippen LogP contribution < -0.4 is 0 Å². The van der Waals surface area contributed by atoms with Crippen molar-refractivity contribution in [3.8, 4) is 0 Å². The van der Waals surface area contributed by atoms with Gasteiger partial charge in [-0.1, -0.05) is 24.3 Å². The number of methoxy groups -OCH3 is 4. The third-order valence-electron chi connectivity index (χ3n) is 2.65. The molecule has 17 heavy (non-hydrogen) atoms. The molecule has 0 spiro atoms. The maximum absolute atomic E-state index is 5.27. The van der Waals surface area contributed by atoms with Gasteiger partial charge in [0.2, 0.25) is 0 Å². The van der Waals surface area contributed by atoms with Crippen molar-refractivity contribution in [2.24, 2.45) is 0 Å². The van der Waals surface area contributed by atoms with Crippen LogP contribution >= 0.6 is 0 Å².